The van der Waals surface area contributed by atoms with Crippen molar-refractivity contribution in [2.75, 3.05) is 6.26 Å². The molecule has 1 unspecified atom stereocenters. The minimum Gasteiger partial charge on any atom is -0.129 e. The summed E-state index contributed by atoms with van der Waals surface area (Å²) in [4.78, 5) is 1.38. The highest BCUT2D eigenvalue weighted by Gasteiger charge is 2.05. The second kappa shape index (κ2) is 5.13. The molecule has 0 saturated carbocycles. The molecule has 0 nitrogen and oxygen atoms in total. The van der Waals surface area contributed by atoms with Gasteiger partial charge in [0.15, 0.2) is 0 Å². The lowest BCUT2D eigenvalue weighted by Gasteiger charge is -2.10. The van der Waals surface area contributed by atoms with Gasteiger partial charge in [-0.05, 0) is 24.8 Å². The van der Waals surface area contributed by atoms with E-state index in [1.807, 2.05) is 11.8 Å². The third-order valence-corrected chi connectivity index (χ3v) is 2.92. The van der Waals surface area contributed by atoms with Gasteiger partial charge in [0.25, 0.3) is 0 Å². The number of allylic oxidation sites excluding steroid dienone is 2. The molecule has 0 amide bonds. The summed E-state index contributed by atoms with van der Waals surface area (Å²) < 4.78 is 0. The fourth-order valence-corrected chi connectivity index (χ4v) is 2.14. The van der Waals surface area contributed by atoms with Crippen LogP contribution in [-0.4, -0.2) is 6.26 Å². The molecular formula is C12H16S. The van der Waals surface area contributed by atoms with Crippen molar-refractivity contribution in [1.29, 1.82) is 0 Å². The van der Waals surface area contributed by atoms with Crippen molar-refractivity contribution in [2.45, 2.75) is 24.7 Å². The Morgan fingerprint density at radius 3 is 2.62 bits per heavy atom. The number of hydrogen-bond donors (Lipinski definition) is 0. The molecule has 0 heterocycles. The second-order valence-electron chi connectivity index (χ2n) is 3.06. The third kappa shape index (κ3) is 2.63. The number of thioether (sulfide) groups is 1. The van der Waals surface area contributed by atoms with E-state index in [4.69, 9.17) is 0 Å². The van der Waals surface area contributed by atoms with E-state index < -0.39 is 0 Å². The van der Waals surface area contributed by atoms with E-state index in [0.29, 0.717) is 5.92 Å². The van der Waals surface area contributed by atoms with E-state index >= 15 is 0 Å². The first-order valence-corrected chi connectivity index (χ1v) is 5.77. The molecule has 0 aliphatic heterocycles. The standard InChI is InChI=1S/C12H16S/c1-4-7-10(2)11-8-5-6-9-12(11)13-3/h4-10H,1-3H3/b7-4-. The van der Waals surface area contributed by atoms with Gasteiger partial charge >= 0.3 is 0 Å². The minimum absolute atomic E-state index is 0.522. The monoisotopic (exact) mass is 192 g/mol. The van der Waals surface area contributed by atoms with E-state index in [-0.39, 0.29) is 0 Å². The Balaban J connectivity index is 2.98. The van der Waals surface area contributed by atoms with Crippen LogP contribution in [0.15, 0.2) is 41.3 Å². The fourth-order valence-electron chi connectivity index (χ4n) is 1.43. The van der Waals surface area contributed by atoms with Crippen LogP contribution in [0.25, 0.3) is 0 Å². The Labute approximate surface area is 85.1 Å². The van der Waals surface area contributed by atoms with E-state index in [9.17, 15) is 0 Å². The zero-order chi connectivity index (χ0) is 9.68. The highest BCUT2D eigenvalue weighted by atomic mass is 32.2. The molecule has 1 aromatic rings. The highest BCUT2D eigenvalue weighted by Crippen LogP contribution is 2.27. The van der Waals surface area contributed by atoms with Gasteiger partial charge in [-0.2, -0.15) is 0 Å². The molecule has 0 fully saturated rings. The molecule has 0 N–H and O–H groups in total. The SMILES string of the molecule is C/C=C\C(C)c1ccccc1SC. The molecule has 70 valence electrons. The zero-order valence-corrected chi connectivity index (χ0v) is 9.27. The zero-order valence-electron chi connectivity index (χ0n) is 8.45. The molecule has 1 aromatic carbocycles. The van der Waals surface area contributed by atoms with Crippen molar-refractivity contribution in [3.8, 4) is 0 Å². The molecule has 1 heteroatoms. The Morgan fingerprint density at radius 2 is 2.00 bits per heavy atom. The lowest BCUT2D eigenvalue weighted by atomic mass is 10.0. The Morgan fingerprint density at radius 1 is 1.31 bits per heavy atom. The summed E-state index contributed by atoms with van der Waals surface area (Å²) >= 11 is 1.82. The quantitative estimate of drug-likeness (QED) is 0.513. The van der Waals surface area contributed by atoms with Crippen molar-refractivity contribution in [2.24, 2.45) is 0 Å². The topological polar surface area (TPSA) is 0 Å². The maximum absolute atomic E-state index is 2.23. The fraction of sp³-hybridized carbons (Fsp3) is 0.333. The normalized spacial score (nSPS) is 13.5. The van der Waals surface area contributed by atoms with E-state index in [2.05, 4.69) is 56.5 Å². The van der Waals surface area contributed by atoms with Crippen molar-refractivity contribution in [3.63, 3.8) is 0 Å². The van der Waals surface area contributed by atoms with E-state index in [1.54, 1.807) is 0 Å². The third-order valence-electron chi connectivity index (χ3n) is 2.11. The van der Waals surface area contributed by atoms with Gasteiger partial charge in [-0.25, -0.2) is 0 Å². The molecule has 1 atom stereocenters. The van der Waals surface area contributed by atoms with Crippen molar-refractivity contribution >= 4 is 11.8 Å². The van der Waals surface area contributed by atoms with Crippen LogP contribution in [0.1, 0.15) is 25.3 Å². The molecule has 0 saturated heterocycles. The summed E-state index contributed by atoms with van der Waals surface area (Å²) in [5.41, 5.74) is 1.42. The van der Waals surface area contributed by atoms with Gasteiger partial charge in [-0.1, -0.05) is 37.3 Å². The first kappa shape index (κ1) is 10.4. The second-order valence-corrected chi connectivity index (χ2v) is 3.90. The van der Waals surface area contributed by atoms with Crippen LogP contribution in [0.2, 0.25) is 0 Å². The van der Waals surface area contributed by atoms with Crippen molar-refractivity contribution in [3.05, 3.63) is 42.0 Å². The molecule has 0 radical (unpaired) electrons. The summed E-state index contributed by atoms with van der Waals surface area (Å²) in [5.74, 6) is 0.522. The molecule has 0 spiro atoms. The summed E-state index contributed by atoms with van der Waals surface area (Å²) in [6.07, 6.45) is 6.47. The molecule has 1 rings (SSSR count). The van der Waals surface area contributed by atoms with Gasteiger partial charge in [-0.3, -0.25) is 0 Å². The van der Waals surface area contributed by atoms with Crippen LogP contribution in [0.3, 0.4) is 0 Å². The van der Waals surface area contributed by atoms with E-state index in [0.717, 1.165) is 0 Å². The molecule has 0 aliphatic carbocycles. The van der Waals surface area contributed by atoms with Gasteiger partial charge in [0.2, 0.25) is 0 Å². The Hall–Kier alpha value is -0.690. The first-order valence-electron chi connectivity index (χ1n) is 4.55. The predicted molar refractivity (Wildman–Crippen MR) is 61.5 cm³/mol. The maximum Gasteiger partial charge on any atom is 0.0107 e. The molecule has 0 aromatic heterocycles. The van der Waals surface area contributed by atoms with Crippen LogP contribution in [0.4, 0.5) is 0 Å². The molecule has 0 aliphatic rings. The largest absolute Gasteiger partial charge is 0.129 e. The lowest BCUT2D eigenvalue weighted by molar-refractivity contribution is 0.932. The van der Waals surface area contributed by atoms with Gasteiger partial charge in [-0.15, -0.1) is 11.8 Å². The lowest BCUT2D eigenvalue weighted by Crippen LogP contribution is -1.91. The molecule has 0 bridgehead atoms. The molecule has 13 heavy (non-hydrogen) atoms. The molecular weight excluding hydrogens is 176 g/mol. The summed E-state index contributed by atoms with van der Waals surface area (Å²) in [6.45, 7) is 4.30. The summed E-state index contributed by atoms with van der Waals surface area (Å²) in [7, 11) is 0. The average Bonchev–Trinajstić information content (AvgIpc) is 2.18. The minimum atomic E-state index is 0.522. The van der Waals surface area contributed by atoms with Crippen LogP contribution in [0.5, 0.6) is 0 Å². The maximum atomic E-state index is 2.23. The summed E-state index contributed by atoms with van der Waals surface area (Å²) in [6, 6.07) is 8.59. The van der Waals surface area contributed by atoms with Crippen LogP contribution in [-0.2, 0) is 0 Å². The van der Waals surface area contributed by atoms with Crippen molar-refractivity contribution < 1.29 is 0 Å². The number of hydrogen-bond acceptors (Lipinski definition) is 1. The predicted octanol–water partition coefficient (Wildman–Crippen LogP) is 4.09. The van der Waals surface area contributed by atoms with Crippen LogP contribution >= 0.6 is 11.8 Å². The highest BCUT2D eigenvalue weighted by molar-refractivity contribution is 7.98. The van der Waals surface area contributed by atoms with Crippen LogP contribution in [0, 0.1) is 0 Å². The Bertz CT molecular complexity index is 289. The van der Waals surface area contributed by atoms with Crippen LogP contribution < -0.4 is 0 Å². The average molecular weight is 192 g/mol. The first-order chi connectivity index (χ1) is 6.29. The smallest absolute Gasteiger partial charge is 0.0107 e. The van der Waals surface area contributed by atoms with Gasteiger partial charge in [0, 0.05) is 10.8 Å². The summed E-state index contributed by atoms with van der Waals surface area (Å²) in [5, 5.41) is 0. The van der Waals surface area contributed by atoms with Gasteiger partial charge in [0.1, 0.15) is 0 Å². The van der Waals surface area contributed by atoms with Gasteiger partial charge in [0.05, 0.1) is 0 Å². The number of rotatable bonds is 3. The number of benzene rings is 1. The van der Waals surface area contributed by atoms with Crippen molar-refractivity contribution in [1.82, 2.24) is 0 Å². The van der Waals surface area contributed by atoms with Gasteiger partial charge < -0.3 is 0 Å². The van der Waals surface area contributed by atoms with E-state index in [1.165, 1.54) is 10.5 Å². The Kier molecular flexibility index (Phi) is 4.10.